The molecule has 0 unspecified atom stereocenters. The van der Waals surface area contributed by atoms with Crippen LogP contribution in [0.5, 0.6) is 0 Å². The summed E-state index contributed by atoms with van der Waals surface area (Å²) in [5.74, 6) is 0.116. The lowest BCUT2D eigenvalue weighted by atomic mass is 10.0. The zero-order valence-corrected chi connectivity index (χ0v) is 12.4. The lowest BCUT2D eigenvalue weighted by Crippen LogP contribution is -2.37. The Morgan fingerprint density at radius 2 is 1.76 bits per heavy atom. The molecule has 0 aliphatic carbocycles. The van der Waals surface area contributed by atoms with Crippen molar-refractivity contribution in [2.24, 2.45) is 5.73 Å². The molecule has 0 amide bonds. The molecule has 108 valence electrons. The highest BCUT2D eigenvalue weighted by Crippen LogP contribution is 2.38. The fourth-order valence-corrected chi connectivity index (χ4v) is 2.86. The van der Waals surface area contributed by atoms with Gasteiger partial charge in [-0.3, -0.25) is 5.41 Å². The molecule has 3 N–H and O–H groups in total. The molecular weight excluding hydrogens is 260 g/mol. The maximum absolute atomic E-state index is 7.86. The second-order valence-electron chi connectivity index (χ2n) is 5.50. The first-order valence-electron chi connectivity index (χ1n) is 7.10. The molecule has 0 atom stereocenters. The van der Waals surface area contributed by atoms with Crippen LogP contribution in [0.3, 0.4) is 0 Å². The Kier molecular flexibility index (Phi) is 3.29. The number of anilines is 3. The average molecular weight is 280 g/mol. The number of nitrogens with one attached hydrogen (secondary N) is 1. The van der Waals surface area contributed by atoms with Crippen LogP contribution >= 0.6 is 0 Å². The van der Waals surface area contributed by atoms with Crippen LogP contribution in [0, 0.1) is 12.3 Å². The highest BCUT2D eigenvalue weighted by molar-refractivity contribution is 6.02. The maximum atomic E-state index is 7.86. The summed E-state index contributed by atoms with van der Waals surface area (Å²) < 4.78 is 0. The number of benzene rings is 2. The molecule has 0 spiro atoms. The molecule has 2 aromatic rings. The van der Waals surface area contributed by atoms with Crippen LogP contribution in [0.1, 0.15) is 11.1 Å². The van der Waals surface area contributed by atoms with Gasteiger partial charge in [-0.15, -0.1) is 0 Å². The molecule has 4 heteroatoms. The molecular formula is C17H20N4. The van der Waals surface area contributed by atoms with Crippen molar-refractivity contribution in [3.63, 3.8) is 0 Å². The summed E-state index contributed by atoms with van der Waals surface area (Å²) in [4.78, 5) is 4.51. The molecule has 21 heavy (non-hydrogen) atoms. The molecule has 3 rings (SSSR count). The van der Waals surface area contributed by atoms with Gasteiger partial charge in [-0.05, 0) is 31.2 Å². The van der Waals surface area contributed by atoms with Crippen molar-refractivity contribution in [3.8, 4) is 0 Å². The van der Waals surface area contributed by atoms with Crippen LogP contribution in [-0.4, -0.2) is 26.0 Å². The lowest BCUT2D eigenvalue weighted by molar-refractivity contribution is 0.821. The van der Waals surface area contributed by atoms with E-state index in [1.54, 1.807) is 0 Å². The monoisotopic (exact) mass is 280 g/mol. The van der Waals surface area contributed by atoms with Gasteiger partial charge < -0.3 is 15.5 Å². The molecule has 0 saturated carbocycles. The quantitative estimate of drug-likeness (QED) is 0.657. The van der Waals surface area contributed by atoms with E-state index >= 15 is 0 Å². The minimum atomic E-state index is 0.116. The Balaban J connectivity index is 2.14. The third-order valence-electron chi connectivity index (χ3n) is 3.98. The molecule has 1 aliphatic rings. The Hall–Kier alpha value is -2.49. The summed E-state index contributed by atoms with van der Waals surface area (Å²) in [5, 5.41) is 7.86. The van der Waals surface area contributed by atoms with Crippen LogP contribution in [0.15, 0.2) is 42.5 Å². The average Bonchev–Trinajstić information content (AvgIpc) is 2.48. The number of fused-ring (bicyclic) bond motifs is 1. The van der Waals surface area contributed by atoms with Crippen molar-refractivity contribution < 1.29 is 0 Å². The van der Waals surface area contributed by atoms with Crippen molar-refractivity contribution in [2.75, 3.05) is 29.9 Å². The van der Waals surface area contributed by atoms with Gasteiger partial charge in [-0.2, -0.15) is 0 Å². The number of likely N-dealkylation sites (N-methyl/N-ethyl adjacent to an activating group) is 1. The predicted octanol–water partition coefficient (Wildman–Crippen LogP) is 2.87. The molecule has 0 radical (unpaired) electrons. The van der Waals surface area contributed by atoms with E-state index in [4.69, 9.17) is 11.1 Å². The fourth-order valence-electron chi connectivity index (χ4n) is 2.86. The number of hydrogen-bond acceptors (Lipinski definition) is 3. The second kappa shape index (κ2) is 5.13. The molecule has 1 heterocycles. The van der Waals surface area contributed by atoms with Crippen molar-refractivity contribution in [1.82, 2.24) is 0 Å². The van der Waals surface area contributed by atoms with E-state index in [-0.39, 0.29) is 5.84 Å². The van der Waals surface area contributed by atoms with Crippen LogP contribution in [0.25, 0.3) is 0 Å². The van der Waals surface area contributed by atoms with Gasteiger partial charge in [0.2, 0.25) is 0 Å². The van der Waals surface area contributed by atoms with E-state index in [1.807, 2.05) is 19.1 Å². The number of para-hydroxylation sites is 2. The molecule has 4 nitrogen and oxygen atoms in total. The zero-order valence-electron chi connectivity index (χ0n) is 12.4. The number of amidine groups is 1. The van der Waals surface area contributed by atoms with E-state index in [0.717, 1.165) is 35.6 Å². The number of hydrogen-bond donors (Lipinski definition) is 2. The van der Waals surface area contributed by atoms with E-state index in [2.05, 4.69) is 47.2 Å². The summed E-state index contributed by atoms with van der Waals surface area (Å²) in [7, 11) is 2.11. The standard InChI is InChI=1S/C17H20N4/c1-12-7-8-14(13(11-12)17(18)19)21-10-9-20(2)15-5-3-4-6-16(15)21/h3-8,11H,9-10H2,1-2H3,(H3,18,19). The first kappa shape index (κ1) is 13.5. The van der Waals surface area contributed by atoms with Gasteiger partial charge in [0.25, 0.3) is 0 Å². The largest absolute Gasteiger partial charge is 0.384 e. The normalized spacial score (nSPS) is 14.0. The van der Waals surface area contributed by atoms with Crippen LogP contribution in [0.4, 0.5) is 17.1 Å². The Morgan fingerprint density at radius 3 is 2.48 bits per heavy atom. The van der Waals surface area contributed by atoms with Gasteiger partial charge in [-0.25, -0.2) is 0 Å². The van der Waals surface area contributed by atoms with Crippen molar-refractivity contribution in [2.45, 2.75) is 6.92 Å². The van der Waals surface area contributed by atoms with Gasteiger partial charge in [0, 0.05) is 25.7 Å². The minimum Gasteiger partial charge on any atom is -0.384 e. The van der Waals surface area contributed by atoms with Crippen LogP contribution in [-0.2, 0) is 0 Å². The number of nitrogen functional groups attached to an aromatic ring is 1. The maximum Gasteiger partial charge on any atom is 0.124 e. The van der Waals surface area contributed by atoms with Gasteiger partial charge in [-0.1, -0.05) is 23.8 Å². The summed E-state index contributed by atoms with van der Waals surface area (Å²) in [6.45, 7) is 3.85. The third-order valence-corrected chi connectivity index (χ3v) is 3.98. The minimum absolute atomic E-state index is 0.116. The number of aryl methyl sites for hydroxylation is 1. The van der Waals surface area contributed by atoms with Gasteiger partial charge in [0.15, 0.2) is 0 Å². The second-order valence-corrected chi connectivity index (χ2v) is 5.50. The van der Waals surface area contributed by atoms with Crippen molar-refractivity contribution in [3.05, 3.63) is 53.6 Å². The topological polar surface area (TPSA) is 56.4 Å². The van der Waals surface area contributed by atoms with Gasteiger partial charge in [0.1, 0.15) is 5.84 Å². The first-order valence-corrected chi connectivity index (χ1v) is 7.10. The summed E-state index contributed by atoms with van der Waals surface area (Å²) in [5.41, 5.74) is 11.1. The molecule has 0 aromatic heterocycles. The van der Waals surface area contributed by atoms with Gasteiger partial charge >= 0.3 is 0 Å². The summed E-state index contributed by atoms with van der Waals surface area (Å²) in [6, 6.07) is 14.5. The zero-order chi connectivity index (χ0) is 15.0. The fraction of sp³-hybridized carbons (Fsp3) is 0.235. The van der Waals surface area contributed by atoms with Crippen molar-refractivity contribution >= 4 is 22.9 Å². The van der Waals surface area contributed by atoms with Gasteiger partial charge in [0.05, 0.1) is 17.1 Å². The van der Waals surface area contributed by atoms with E-state index < -0.39 is 0 Å². The third kappa shape index (κ3) is 2.33. The first-order chi connectivity index (χ1) is 10.1. The molecule has 0 fully saturated rings. The molecule has 0 bridgehead atoms. The van der Waals surface area contributed by atoms with Crippen LogP contribution < -0.4 is 15.5 Å². The summed E-state index contributed by atoms with van der Waals surface area (Å²) in [6.07, 6.45) is 0. The Bertz CT molecular complexity index is 693. The van der Waals surface area contributed by atoms with E-state index in [1.165, 1.54) is 5.69 Å². The predicted molar refractivity (Wildman–Crippen MR) is 88.9 cm³/mol. The number of rotatable bonds is 2. The number of nitrogens with zero attached hydrogens (tertiary/aromatic N) is 2. The smallest absolute Gasteiger partial charge is 0.124 e. The lowest BCUT2D eigenvalue weighted by Gasteiger charge is -2.37. The van der Waals surface area contributed by atoms with E-state index in [0.29, 0.717) is 0 Å². The molecule has 0 saturated heterocycles. The van der Waals surface area contributed by atoms with E-state index in [9.17, 15) is 0 Å². The number of nitrogens with two attached hydrogens (primary N) is 1. The highest BCUT2D eigenvalue weighted by atomic mass is 15.3. The summed E-state index contributed by atoms with van der Waals surface area (Å²) >= 11 is 0. The Morgan fingerprint density at radius 1 is 1.05 bits per heavy atom. The molecule has 2 aromatic carbocycles. The molecule has 1 aliphatic heterocycles. The van der Waals surface area contributed by atoms with Crippen LogP contribution in [0.2, 0.25) is 0 Å². The highest BCUT2D eigenvalue weighted by Gasteiger charge is 2.23. The SMILES string of the molecule is Cc1ccc(N2CCN(C)c3ccccc32)c(C(=N)N)c1. The van der Waals surface area contributed by atoms with Crippen molar-refractivity contribution in [1.29, 1.82) is 5.41 Å². The Labute approximate surface area is 125 Å².